The van der Waals surface area contributed by atoms with Crippen LogP contribution in [0.1, 0.15) is 60.4 Å². The van der Waals surface area contributed by atoms with Gasteiger partial charge in [-0.3, -0.25) is 4.79 Å². The fourth-order valence-electron chi connectivity index (χ4n) is 3.44. The second kappa shape index (κ2) is 7.53. The zero-order valence-electron chi connectivity index (χ0n) is 16.4. The quantitative estimate of drug-likeness (QED) is 0.690. The minimum atomic E-state index is 0.0622. The van der Waals surface area contributed by atoms with Crippen LogP contribution in [0.3, 0.4) is 0 Å². The number of piperidine rings is 1. The Morgan fingerprint density at radius 3 is 2.93 bits per heavy atom. The standard InChI is InChI=1S/C20H24N6O2/c1-13(2)18-21-19(28-23-18)17-12-26(24-22-17)16-8-5-9-25(11-16)20(27)15-7-4-6-14(3)10-15/h4,6-7,10,12-13,16H,5,8-9,11H2,1-3H3. The third kappa shape index (κ3) is 3.67. The molecule has 0 spiro atoms. The molecular formula is C20H24N6O2. The number of rotatable bonds is 4. The average molecular weight is 380 g/mol. The fourth-order valence-corrected chi connectivity index (χ4v) is 3.44. The van der Waals surface area contributed by atoms with Crippen LogP contribution in [-0.4, -0.2) is 49.0 Å². The maximum Gasteiger partial charge on any atom is 0.280 e. The van der Waals surface area contributed by atoms with Gasteiger partial charge in [-0.2, -0.15) is 4.98 Å². The molecule has 1 amide bonds. The van der Waals surface area contributed by atoms with Gasteiger partial charge in [-0.15, -0.1) is 5.10 Å². The summed E-state index contributed by atoms with van der Waals surface area (Å²) in [5, 5.41) is 12.4. The smallest absolute Gasteiger partial charge is 0.280 e. The Balaban J connectivity index is 1.49. The van der Waals surface area contributed by atoms with E-state index in [0.29, 0.717) is 24.0 Å². The fraction of sp³-hybridized carbons (Fsp3) is 0.450. The molecule has 146 valence electrons. The van der Waals surface area contributed by atoms with Gasteiger partial charge in [0.25, 0.3) is 11.8 Å². The lowest BCUT2D eigenvalue weighted by Gasteiger charge is -2.32. The van der Waals surface area contributed by atoms with Crippen molar-refractivity contribution >= 4 is 5.91 Å². The molecule has 1 unspecified atom stereocenters. The molecule has 8 nitrogen and oxygen atoms in total. The summed E-state index contributed by atoms with van der Waals surface area (Å²) < 4.78 is 7.11. The summed E-state index contributed by atoms with van der Waals surface area (Å²) in [6.45, 7) is 7.37. The largest absolute Gasteiger partial charge is 0.337 e. The molecule has 3 aromatic rings. The van der Waals surface area contributed by atoms with Crippen molar-refractivity contribution in [3.8, 4) is 11.6 Å². The summed E-state index contributed by atoms with van der Waals surface area (Å²) in [7, 11) is 0. The van der Waals surface area contributed by atoms with Crippen molar-refractivity contribution in [1.29, 1.82) is 0 Å². The predicted octanol–water partition coefficient (Wildman–Crippen LogP) is 3.24. The van der Waals surface area contributed by atoms with Crippen molar-refractivity contribution in [3.05, 3.63) is 47.4 Å². The number of hydrogen-bond acceptors (Lipinski definition) is 6. The van der Waals surface area contributed by atoms with E-state index in [1.807, 2.05) is 60.8 Å². The molecule has 0 aliphatic carbocycles. The molecule has 0 saturated carbocycles. The van der Waals surface area contributed by atoms with Gasteiger partial charge < -0.3 is 9.42 Å². The van der Waals surface area contributed by atoms with E-state index in [1.54, 1.807) is 0 Å². The molecule has 1 aliphatic heterocycles. The third-order valence-electron chi connectivity index (χ3n) is 5.01. The molecule has 0 bridgehead atoms. The number of carbonyl (C=O) groups is 1. The zero-order valence-corrected chi connectivity index (χ0v) is 16.4. The number of hydrogen-bond donors (Lipinski definition) is 0. The van der Waals surface area contributed by atoms with Gasteiger partial charge in [0.05, 0.1) is 12.2 Å². The summed E-state index contributed by atoms with van der Waals surface area (Å²) in [6, 6.07) is 7.80. The molecule has 4 rings (SSSR count). The highest BCUT2D eigenvalue weighted by Gasteiger charge is 2.27. The van der Waals surface area contributed by atoms with Gasteiger partial charge in [0.15, 0.2) is 11.5 Å². The van der Waals surface area contributed by atoms with Crippen LogP contribution in [0.4, 0.5) is 0 Å². The van der Waals surface area contributed by atoms with Crippen LogP contribution in [0, 0.1) is 6.92 Å². The molecule has 28 heavy (non-hydrogen) atoms. The van der Waals surface area contributed by atoms with Crippen molar-refractivity contribution in [2.45, 2.75) is 45.6 Å². The highest BCUT2D eigenvalue weighted by molar-refractivity contribution is 5.94. The van der Waals surface area contributed by atoms with Gasteiger partial charge in [-0.25, -0.2) is 4.68 Å². The minimum Gasteiger partial charge on any atom is -0.337 e. The Kier molecular flexibility index (Phi) is 4.93. The maximum atomic E-state index is 12.9. The highest BCUT2D eigenvalue weighted by atomic mass is 16.5. The minimum absolute atomic E-state index is 0.0622. The van der Waals surface area contributed by atoms with Crippen LogP contribution >= 0.6 is 0 Å². The summed E-state index contributed by atoms with van der Waals surface area (Å²) in [4.78, 5) is 19.1. The first kappa shape index (κ1) is 18.3. The molecule has 1 atom stereocenters. The second-order valence-electron chi connectivity index (χ2n) is 7.61. The SMILES string of the molecule is Cc1cccc(C(=O)N2CCCC(n3cc(-c4nc(C(C)C)no4)nn3)C2)c1. The molecule has 1 aliphatic rings. The Labute approximate surface area is 163 Å². The van der Waals surface area contributed by atoms with Gasteiger partial charge in [-0.1, -0.05) is 41.9 Å². The number of carbonyl (C=O) groups excluding carboxylic acids is 1. The van der Waals surface area contributed by atoms with Crippen LogP contribution in [0.5, 0.6) is 0 Å². The van der Waals surface area contributed by atoms with E-state index in [2.05, 4.69) is 20.5 Å². The number of aryl methyl sites for hydroxylation is 1. The van der Waals surface area contributed by atoms with Gasteiger partial charge in [0.2, 0.25) is 0 Å². The number of aromatic nitrogens is 5. The van der Waals surface area contributed by atoms with E-state index in [-0.39, 0.29) is 17.9 Å². The molecule has 3 heterocycles. The lowest BCUT2D eigenvalue weighted by molar-refractivity contribution is 0.0671. The third-order valence-corrected chi connectivity index (χ3v) is 5.01. The lowest BCUT2D eigenvalue weighted by Crippen LogP contribution is -2.40. The van der Waals surface area contributed by atoms with Crippen molar-refractivity contribution < 1.29 is 9.32 Å². The predicted molar refractivity (Wildman–Crippen MR) is 103 cm³/mol. The van der Waals surface area contributed by atoms with E-state index in [4.69, 9.17) is 4.52 Å². The Morgan fingerprint density at radius 2 is 2.18 bits per heavy atom. The summed E-state index contributed by atoms with van der Waals surface area (Å²) in [6.07, 6.45) is 3.69. The van der Waals surface area contributed by atoms with Crippen molar-refractivity contribution in [1.82, 2.24) is 30.0 Å². The highest BCUT2D eigenvalue weighted by Crippen LogP contribution is 2.24. The molecule has 8 heteroatoms. The molecule has 1 fully saturated rings. The van der Waals surface area contributed by atoms with Gasteiger partial charge in [0.1, 0.15) is 0 Å². The van der Waals surface area contributed by atoms with Crippen molar-refractivity contribution in [2.24, 2.45) is 0 Å². The Bertz CT molecular complexity index is 976. The number of benzene rings is 1. The maximum absolute atomic E-state index is 12.9. The number of amides is 1. The van der Waals surface area contributed by atoms with E-state index < -0.39 is 0 Å². The normalized spacial score (nSPS) is 17.3. The van der Waals surface area contributed by atoms with Gasteiger partial charge in [0, 0.05) is 24.6 Å². The number of likely N-dealkylation sites (tertiary alicyclic amines) is 1. The molecular weight excluding hydrogens is 356 g/mol. The van der Waals surface area contributed by atoms with Crippen molar-refractivity contribution in [2.75, 3.05) is 13.1 Å². The van der Waals surface area contributed by atoms with E-state index in [0.717, 1.165) is 30.5 Å². The van der Waals surface area contributed by atoms with Crippen molar-refractivity contribution in [3.63, 3.8) is 0 Å². The van der Waals surface area contributed by atoms with E-state index in [1.165, 1.54) is 0 Å². The summed E-state index contributed by atoms with van der Waals surface area (Å²) in [5.74, 6) is 1.27. The summed E-state index contributed by atoms with van der Waals surface area (Å²) >= 11 is 0. The van der Waals surface area contributed by atoms with Crippen LogP contribution in [0.15, 0.2) is 35.0 Å². The molecule has 0 radical (unpaired) electrons. The Hall–Kier alpha value is -3.03. The second-order valence-corrected chi connectivity index (χ2v) is 7.61. The van der Waals surface area contributed by atoms with Crippen LogP contribution in [0.2, 0.25) is 0 Å². The average Bonchev–Trinajstić information content (AvgIpc) is 3.37. The molecule has 2 aromatic heterocycles. The molecule has 1 aromatic carbocycles. The van der Waals surface area contributed by atoms with E-state index in [9.17, 15) is 4.79 Å². The van der Waals surface area contributed by atoms with Gasteiger partial charge in [-0.05, 0) is 31.9 Å². The van der Waals surface area contributed by atoms with Gasteiger partial charge >= 0.3 is 0 Å². The number of nitrogens with zero attached hydrogens (tertiary/aromatic N) is 6. The molecule has 0 N–H and O–H groups in total. The summed E-state index contributed by atoms with van der Waals surface area (Å²) in [5.41, 5.74) is 2.37. The lowest BCUT2D eigenvalue weighted by atomic mass is 10.0. The van der Waals surface area contributed by atoms with Crippen LogP contribution in [0.25, 0.3) is 11.6 Å². The van der Waals surface area contributed by atoms with Crippen LogP contribution < -0.4 is 0 Å². The first-order valence-electron chi connectivity index (χ1n) is 9.63. The topological polar surface area (TPSA) is 89.9 Å². The monoisotopic (exact) mass is 380 g/mol. The first-order valence-corrected chi connectivity index (χ1v) is 9.63. The molecule has 1 saturated heterocycles. The first-order chi connectivity index (χ1) is 13.5. The van der Waals surface area contributed by atoms with Crippen LogP contribution in [-0.2, 0) is 0 Å². The van der Waals surface area contributed by atoms with E-state index >= 15 is 0 Å². The zero-order chi connectivity index (χ0) is 19.7. The Morgan fingerprint density at radius 1 is 1.32 bits per heavy atom.